The van der Waals surface area contributed by atoms with Crippen molar-refractivity contribution in [2.75, 3.05) is 5.32 Å². The molecule has 5 heteroatoms. The van der Waals surface area contributed by atoms with Crippen molar-refractivity contribution in [3.05, 3.63) is 29.6 Å². The third-order valence-corrected chi connectivity index (χ3v) is 4.33. The van der Waals surface area contributed by atoms with Gasteiger partial charge in [0.25, 0.3) is 0 Å². The van der Waals surface area contributed by atoms with Crippen molar-refractivity contribution in [3.63, 3.8) is 0 Å². The summed E-state index contributed by atoms with van der Waals surface area (Å²) in [6.45, 7) is 0. The number of carbonyl (C=O) groups excluding carboxylic acids is 1. The van der Waals surface area contributed by atoms with E-state index in [2.05, 4.69) is 5.32 Å². The van der Waals surface area contributed by atoms with E-state index in [0.717, 1.165) is 24.7 Å². The predicted octanol–water partition coefficient (Wildman–Crippen LogP) is 2.44. The Kier molecular flexibility index (Phi) is 3.01. The minimum absolute atomic E-state index is 0.00397. The molecule has 2 saturated carbocycles. The Balaban J connectivity index is 1.70. The van der Waals surface area contributed by atoms with Gasteiger partial charge >= 0.3 is 0 Å². The van der Waals surface area contributed by atoms with Crippen LogP contribution >= 0.6 is 12.2 Å². The fourth-order valence-corrected chi connectivity index (χ4v) is 3.12. The summed E-state index contributed by atoms with van der Waals surface area (Å²) in [4.78, 5) is 12.1. The summed E-state index contributed by atoms with van der Waals surface area (Å²) < 4.78 is 13.4. The molecule has 3 rings (SSSR count). The van der Waals surface area contributed by atoms with E-state index >= 15 is 0 Å². The highest BCUT2D eigenvalue weighted by molar-refractivity contribution is 7.80. The van der Waals surface area contributed by atoms with E-state index in [1.807, 2.05) is 0 Å². The zero-order chi connectivity index (χ0) is 13.6. The molecule has 0 heterocycles. The van der Waals surface area contributed by atoms with Crippen molar-refractivity contribution in [1.82, 2.24) is 0 Å². The summed E-state index contributed by atoms with van der Waals surface area (Å²) in [5.41, 5.74) is 6.16. The first kappa shape index (κ1) is 12.5. The Morgan fingerprint density at radius 2 is 2.00 bits per heavy atom. The van der Waals surface area contributed by atoms with Gasteiger partial charge in [0.05, 0.1) is 0 Å². The molecule has 1 amide bonds. The largest absolute Gasteiger partial charge is 0.389 e. The van der Waals surface area contributed by atoms with Crippen LogP contribution in [0.1, 0.15) is 24.8 Å². The highest BCUT2D eigenvalue weighted by Gasteiger charge is 2.47. The van der Waals surface area contributed by atoms with Crippen LogP contribution in [0, 0.1) is 23.6 Å². The van der Waals surface area contributed by atoms with E-state index in [1.165, 1.54) is 24.6 Å². The third kappa shape index (κ3) is 2.47. The van der Waals surface area contributed by atoms with Gasteiger partial charge in [-0.3, -0.25) is 4.79 Å². The zero-order valence-corrected chi connectivity index (χ0v) is 11.2. The molecule has 2 aliphatic rings. The molecule has 0 spiro atoms. The van der Waals surface area contributed by atoms with Crippen LogP contribution in [0.4, 0.5) is 10.1 Å². The van der Waals surface area contributed by atoms with E-state index in [-0.39, 0.29) is 22.4 Å². The molecule has 0 saturated heterocycles. The smallest absolute Gasteiger partial charge is 0.227 e. The number of carbonyl (C=O) groups is 1. The number of nitrogens with two attached hydrogens (primary N) is 1. The molecule has 0 aromatic heterocycles. The number of thiocarbonyl (C=S) groups is 1. The summed E-state index contributed by atoms with van der Waals surface area (Å²) in [7, 11) is 0. The highest BCUT2D eigenvalue weighted by Crippen LogP contribution is 2.54. The van der Waals surface area contributed by atoms with Crippen LogP contribution in [0.15, 0.2) is 18.2 Å². The lowest BCUT2D eigenvalue weighted by atomic mass is 10.0. The first-order valence-corrected chi connectivity index (χ1v) is 6.85. The van der Waals surface area contributed by atoms with Gasteiger partial charge in [0.1, 0.15) is 10.8 Å². The van der Waals surface area contributed by atoms with Crippen LogP contribution < -0.4 is 11.1 Å². The molecule has 19 heavy (non-hydrogen) atoms. The Hall–Kier alpha value is -1.49. The normalized spacial score (nSPS) is 27.7. The van der Waals surface area contributed by atoms with Crippen LogP contribution in [-0.4, -0.2) is 10.9 Å². The summed E-state index contributed by atoms with van der Waals surface area (Å²) in [6.07, 6.45) is 3.26. The second-order valence-electron chi connectivity index (χ2n) is 5.47. The molecule has 2 fully saturated rings. The van der Waals surface area contributed by atoms with Gasteiger partial charge in [0.2, 0.25) is 5.91 Å². The molecule has 2 unspecified atom stereocenters. The van der Waals surface area contributed by atoms with E-state index in [0.29, 0.717) is 5.69 Å². The zero-order valence-electron chi connectivity index (χ0n) is 10.4. The van der Waals surface area contributed by atoms with Gasteiger partial charge in [-0.2, -0.15) is 0 Å². The lowest BCUT2D eigenvalue weighted by Crippen LogP contribution is -2.22. The van der Waals surface area contributed by atoms with Crippen molar-refractivity contribution in [3.8, 4) is 0 Å². The van der Waals surface area contributed by atoms with Gasteiger partial charge < -0.3 is 11.1 Å². The summed E-state index contributed by atoms with van der Waals surface area (Å²) >= 11 is 4.78. The van der Waals surface area contributed by atoms with E-state index in [4.69, 9.17) is 18.0 Å². The molecule has 3 nitrogen and oxygen atoms in total. The molecule has 2 atom stereocenters. The maximum Gasteiger partial charge on any atom is 0.227 e. The van der Waals surface area contributed by atoms with Crippen LogP contribution in [0.3, 0.4) is 0 Å². The maximum atomic E-state index is 13.4. The molecule has 0 aliphatic heterocycles. The molecule has 2 aliphatic carbocycles. The number of rotatable bonds is 3. The first-order chi connectivity index (χ1) is 9.04. The van der Waals surface area contributed by atoms with E-state index in [9.17, 15) is 9.18 Å². The summed E-state index contributed by atoms with van der Waals surface area (Å²) in [5, 5.41) is 2.83. The predicted molar refractivity (Wildman–Crippen MR) is 75.2 cm³/mol. The summed E-state index contributed by atoms with van der Waals surface area (Å²) in [6, 6.07) is 4.30. The van der Waals surface area contributed by atoms with Crippen LogP contribution in [0.2, 0.25) is 0 Å². The molecule has 1 aromatic rings. The number of amides is 1. The van der Waals surface area contributed by atoms with Gasteiger partial charge in [0.15, 0.2) is 0 Å². The molecule has 3 N–H and O–H groups in total. The fourth-order valence-electron chi connectivity index (χ4n) is 2.97. The van der Waals surface area contributed by atoms with Crippen molar-refractivity contribution in [1.29, 1.82) is 0 Å². The Morgan fingerprint density at radius 1 is 1.32 bits per heavy atom. The number of hydrogen-bond donors (Lipinski definition) is 2. The van der Waals surface area contributed by atoms with Crippen LogP contribution in [-0.2, 0) is 4.79 Å². The SMILES string of the molecule is NC(=S)c1cc(NC(=O)C2CC3CC3C2)ccc1F. The molecule has 0 bridgehead atoms. The number of benzene rings is 1. The molecule has 0 radical (unpaired) electrons. The monoisotopic (exact) mass is 278 g/mol. The van der Waals surface area contributed by atoms with Crippen molar-refractivity contribution in [2.45, 2.75) is 19.3 Å². The first-order valence-electron chi connectivity index (χ1n) is 6.45. The molecule has 1 aromatic carbocycles. The summed E-state index contributed by atoms with van der Waals surface area (Å²) in [5.74, 6) is 1.18. The highest BCUT2D eigenvalue weighted by atomic mass is 32.1. The minimum atomic E-state index is -0.465. The lowest BCUT2D eigenvalue weighted by Gasteiger charge is -2.13. The topological polar surface area (TPSA) is 55.1 Å². The number of nitrogens with one attached hydrogen (secondary N) is 1. The molecular weight excluding hydrogens is 263 g/mol. The van der Waals surface area contributed by atoms with Gasteiger partial charge in [-0.1, -0.05) is 12.2 Å². The van der Waals surface area contributed by atoms with Gasteiger partial charge in [0, 0.05) is 17.2 Å². The third-order valence-electron chi connectivity index (χ3n) is 4.11. The number of anilines is 1. The van der Waals surface area contributed by atoms with Gasteiger partial charge in [-0.15, -0.1) is 0 Å². The van der Waals surface area contributed by atoms with E-state index in [1.54, 1.807) is 0 Å². The number of hydrogen-bond acceptors (Lipinski definition) is 2. The van der Waals surface area contributed by atoms with Crippen molar-refractivity contribution in [2.24, 2.45) is 23.5 Å². The van der Waals surface area contributed by atoms with Gasteiger partial charge in [-0.25, -0.2) is 4.39 Å². The van der Waals surface area contributed by atoms with E-state index < -0.39 is 5.82 Å². The molecular formula is C14H15FN2OS. The van der Waals surface area contributed by atoms with Crippen LogP contribution in [0.5, 0.6) is 0 Å². The Labute approximate surface area is 116 Å². The second kappa shape index (κ2) is 4.56. The average Bonchev–Trinajstić information content (AvgIpc) is 2.98. The van der Waals surface area contributed by atoms with Gasteiger partial charge in [-0.05, 0) is 49.3 Å². The maximum absolute atomic E-state index is 13.4. The van der Waals surface area contributed by atoms with Crippen LogP contribution in [0.25, 0.3) is 0 Å². The second-order valence-corrected chi connectivity index (χ2v) is 5.91. The Morgan fingerprint density at radius 3 is 2.63 bits per heavy atom. The van der Waals surface area contributed by atoms with Crippen molar-refractivity contribution >= 4 is 28.8 Å². The minimum Gasteiger partial charge on any atom is -0.389 e. The number of halogens is 1. The lowest BCUT2D eigenvalue weighted by molar-refractivity contribution is -0.120. The average molecular weight is 278 g/mol. The standard InChI is InChI=1S/C14H15FN2OS/c15-12-2-1-10(6-11(12)13(16)19)17-14(18)9-4-7-3-8(7)5-9/h1-2,6-9H,3-5H2,(H2,16,19)(H,17,18). The quantitative estimate of drug-likeness (QED) is 0.835. The number of fused-ring (bicyclic) bond motifs is 1. The molecule has 100 valence electrons. The fraction of sp³-hybridized carbons (Fsp3) is 0.429. The van der Waals surface area contributed by atoms with Crippen molar-refractivity contribution < 1.29 is 9.18 Å². The Bertz CT molecular complexity index is 550.